The zero-order valence-corrected chi connectivity index (χ0v) is 10.2. The first-order chi connectivity index (χ1) is 7.74. The van der Waals surface area contributed by atoms with Gasteiger partial charge in [0.2, 0.25) is 0 Å². The van der Waals surface area contributed by atoms with Crippen molar-refractivity contribution >= 4 is 0 Å². The fourth-order valence-corrected chi connectivity index (χ4v) is 2.43. The summed E-state index contributed by atoms with van der Waals surface area (Å²) in [4.78, 5) is 2.53. The summed E-state index contributed by atoms with van der Waals surface area (Å²) in [5.74, 6) is 0. The first kappa shape index (κ1) is 11.6. The van der Waals surface area contributed by atoms with Crippen molar-refractivity contribution < 1.29 is 0 Å². The SMILES string of the molecule is CC(N)Cc1cccc(CN2CCCC2)c1. The zero-order valence-electron chi connectivity index (χ0n) is 10.2. The van der Waals surface area contributed by atoms with Gasteiger partial charge in [-0.1, -0.05) is 24.3 Å². The standard InChI is InChI=1S/C14H22N2/c1-12(15)9-13-5-4-6-14(10-13)11-16-7-2-3-8-16/h4-6,10,12H,2-3,7-9,11,15H2,1H3. The molecule has 0 radical (unpaired) electrons. The molecule has 1 fully saturated rings. The summed E-state index contributed by atoms with van der Waals surface area (Å²) in [5.41, 5.74) is 8.63. The molecule has 2 nitrogen and oxygen atoms in total. The van der Waals surface area contributed by atoms with Crippen LogP contribution in [0.5, 0.6) is 0 Å². The molecule has 2 N–H and O–H groups in total. The third-order valence-corrected chi connectivity index (χ3v) is 3.15. The topological polar surface area (TPSA) is 29.3 Å². The first-order valence-corrected chi connectivity index (χ1v) is 6.30. The average Bonchev–Trinajstić information content (AvgIpc) is 2.70. The van der Waals surface area contributed by atoms with Crippen LogP contribution in [0.2, 0.25) is 0 Å². The van der Waals surface area contributed by atoms with Gasteiger partial charge >= 0.3 is 0 Å². The molecule has 1 unspecified atom stereocenters. The van der Waals surface area contributed by atoms with Crippen molar-refractivity contribution in [3.8, 4) is 0 Å². The number of nitrogens with two attached hydrogens (primary N) is 1. The minimum absolute atomic E-state index is 0.252. The molecule has 1 aliphatic heterocycles. The van der Waals surface area contributed by atoms with E-state index in [0.29, 0.717) is 0 Å². The third kappa shape index (κ3) is 3.32. The second-order valence-electron chi connectivity index (χ2n) is 4.98. The summed E-state index contributed by atoms with van der Waals surface area (Å²) < 4.78 is 0. The Morgan fingerprint density at radius 1 is 1.25 bits per heavy atom. The highest BCUT2D eigenvalue weighted by atomic mass is 15.1. The molecule has 1 aromatic rings. The third-order valence-electron chi connectivity index (χ3n) is 3.15. The molecule has 1 saturated heterocycles. The summed E-state index contributed by atoms with van der Waals surface area (Å²) in [7, 11) is 0. The van der Waals surface area contributed by atoms with Gasteiger partial charge in [0.15, 0.2) is 0 Å². The lowest BCUT2D eigenvalue weighted by Gasteiger charge is -2.15. The van der Waals surface area contributed by atoms with Crippen LogP contribution in [0.25, 0.3) is 0 Å². The van der Waals surface area contributed by atoms with Crippen molar-refractivity contribution in [2.24, 2.45) is 5.73 Å². The van der Waals surface area contributed by atoms with Crippen molar-refractivity contribution in [1.82, 2.24) is 4.90 Å². The van der Waals surface area contributed by atoms with E-state index in [2.05, 4.69) is 36.1 Å². The highest BCUT2D eigenvalue weighted by Crippen LogP contribution is 2.14. The Bertz CT molecular complexity index is 327. The lowest BCUT2D eigenvalue weighted by atomic mass is 10.0. The van der Waals surface area contributed by atoms with Crippen LogP contribution in [0.4, 0.5) is 0 Å². The second kappa shape index (κ2) is 5.46. The van der Waals surface area contributed by atoms with Gasteiger partial charge in [-0.15, -0.1) is 0 Å². The lowest BCUT2D eigenvalue weighted by Crippen LogP contribution is -2.19. The Kier molecular flexibility index (Phi) is 3.97. The Morgan fingerprint density at radius 2 is 1.94 bits per heavy atom. The van der Waals surface area contributed by atoms with Crippen molar-refractivity contribution in [3.63, 3.8) is 0 Å². The molecule has 0 saturated carbocycles. The van der Waals surface area contributed by atoms with E-state index in [1.54, 1.807) is 0 Å². The summed E-state index contributed by atoms with van der Waals surface area (Å²) in [6.07, 6.45) is 3.70. The number of hydrogen-bond donors (Lipinski definition) is 1. The Morgan fingerprint density at radius 3 is 2.62 bits per heavy atom. The quantitative estimate of drug-likeness (QED) is 0.839. The molecule has 0 aromatic heterocycles. The molecule has 0 amide bonds. The van der Waals surface area contributed by atoms with Gasteiger partial charge in [0.05, 0.1) is 0 Å². The molecular weight excluding hydrogens is 196 g/mol. The molecule has 1 atom stereocenters. The van der Waals surface area contributed by atoms with Crippen LogP contribution < -0.4 is 5.73 Å². The lowest BCUT2D eigenvalue weighted by molar-refractivity contribution is 0.331. The molecule has 88 valence electrons. The fourth-order valence-electron chi connectivity index (χ4n) is 2.43. The van der Waals surface area contributed by atoms with Gasteiger partial charge in [-0.05, 0) is 50.4 Å². The minimum atomic E-state index is 0.252. The van der Waals surface area contributed by atoms with E-state index in [0.717, 1.165) is 13.0 Å². The van der Waals surface area contributed by atoms with E-state index in [1.807, 2.05) is 0 Å². The number of nitrogens with zero attached hydrogens (tertiary/aromatic N) is 1. The molecule has 0 bridgehead atoms. The minimum Gasteiger partial charge on any atom is -0.328 e. The van der Waals surface area contributed by atoms with E-state index in [9.17, 15) is 0 Å². The maximum absolute atomic E-state index is 5.83. The van der Waals surface area contributed by atoms with Gasteiger partial charge in [-0.2, -0.15) is 0 Å². The number of likely N-dealkylation sites (tertiary alicyclic amines) is 1. The summed E-state index contributed by atoms with van der Waals surface area (Å²) in [6.45, 7) is 5.69. The molecule has 16 heavy (non-hydrogen) atoms. The van der Waals surface area contributed by atoms with Crippen molar-refractivity contribution in [2.45, 2.75) is 38.8 Å². The highest BCUT2D eigenvalue weighted by Gasteiger charge is 2.11. The Labute approximate surface area is 98.4 Å². The number of rotatable bonds is 4. The van der Waals surface area contributed by atoms with Gasteiger partial charge in [-0.3, -0.25) is 4.90 Å². The number of benzene rings is 1. The van der Waals surface area contributed by atoms with Gasteiger partial charge in [0.25, 0.3) is 0 Å². The van der Waals surface area contributed by atoms with E-state index in [1.165, 1.54) is 37.1 Å². The number of hydrogen-bond acceptors (Lipinski definition) is 2. The Balaban J connectivity index is 1.97. The zero-order chi connectivity index (χ0) is 11.4. The molecular formula is C14H22N2. The summed E-state index contributed by atoms with van der Waals surface area (Å²) in [5, 5.41) is 0. The summed E-state index contributed by atoms with van der Waals surface area (Å²) >= 11 is 0. The summed E-state index contributed by atoms with van der Waals surface area (Å²) in [6, 6.07) is 9.12. The van der Waals surface area contributed by atoms with Crippen molar-refractivity contribution in [2.75, 3.05) is 13.1 Å². The van der Waals surface area contributed by atoms with E-state index in [4.69, 9.17) is 5.73 Å². The van der Waals surface area contributed by atoms with Crippen LogP contribution in [0, 0.1) is 0 Å². The van der Waals surface area contributed by atoms with Crippen molar-refractivity contribution in [1.29, 1.82) is 0 Å². The molecule has 1 aliphatic rings. The van der Waals surface area contributed by atoms with Crippen LogP contribution >= 0.6 is 0 Å². The molecule has 0 spiro atoms. The molecule has 1 aromatic carbocycles. The van der Waals surface area contributed by atoms with Gasteiger partial charge in [-0.25, -0.2) is 0 Å². The monoisotopic (exact) mass is 218 g/mol. The van der Waals surface area contributed by atoms with E-state index >= 15 is 0 Å². The maximum Gasteiger partial charge on any atom is 0.0233 e. The van der Waals surface area contributed by atoms with Crippen LogP contribution in [0.15, 0.2) is 24.3 Å². The molecule has 2 heteroatoms. The highest BCUT2D eigenvalue weighted by molar-refractivity contribution is 5.24. The van der Waals surface area contributed by atoms with E-state index in [-0.39, 0.29) is 6.04 Å². The van der Waals surface area contributed by atoms with Crippen LogP contribution in [-0.4, -0.2) is 24.0 Å². The van der Waals surface area contributed by atoms with Crippen LogP contribution in [-0.2, 0) is 13.0 Å². The first-order valence-electron chi connectivity index (χ1n) is 6.30. The fraction of sp³-hybridized carbons (Fsp3) is 0.571. The molecule has 0 aliphatic carbocycles. The Hall–Kier alpha value is -0.860. The average molecular weight is 218 g/mol. The second-order valence-corrected chi connectivity index (χ2v) is 4.98. The molecule has 1 heterocycles. The maximum atomic E-state index is 5.83. The van der Waals surface area contributed by atoms with Crippen LogP contribution in [0.1, 0.15) is 30.9 Å². The predicted octanol–water partition coefficient (Wildman–Crippen LogP) is 2.17. The van der Waals surface area contributed by atoms with Gasteiger partial charge in [0, 0.05) is 12.6 Å². The normalized spacial score (nSPS) is 18.9. The van der Waals surface area contributed by atoms with E-state index < -0.39 is 0 Å². The largest absolute Gasteiger partial charge is 0.328 e. The van der Waals surface area contributed by atoms with Gasteiger partial charge < -0.3 is 5.73 Å². The van der Waals surface area contributed by atoms with Crippen molar-refractivity contribution in [3.05, 3.63) is 35.4 Å². The van der Waals surface area contributed by atoms with Gasteiger partial charge in [0.1, 0.15) is 0 Å². The van der Waals surface area contributed by atoms with Crippen LogP contribution in [0.3, 0.4) is 0 Å². The molecule has 2 rings (SSSR count). The predicted molar refractivity (Wildman–Crippen MR) is 68.3 cm³/mol. The smallest absolute Gasteiger partial charge is 0.0233 e.